The van der Waals surface area contributed by atoms with E-state index in [4.69, 9.17) is 10.5 Å². The van der Waals surface area contributed by atoms with Crippen LogP contribution in [0.1, 0.15) is 65.9 Å². The van der Waals surface area contributed by atoms with Gasteiger partial charge < -0.3 is 26.4 Å². The molecule has 2 rings (SSSR count). The summed E-state index contributed by atoms with van der Waals surface area (Å²) < 4.78 is 5.40. The van der Waals surface area contributed by atoms with Gasteiger partial charge in [-0.05, 0) is 70.1 Å². The number of rotatable bonds is 8. The van der Waals surface area contributed by atoms with Crippen molar-refractivity contribution in [3.05, 3.63) is 23.9 Å². The van der Waals surface area contributed by atoms with Crippen molar-refractivity contribution in [2.75, 3.05) is 11.9 Å². The van der Waals surface area contributed by atoms with E-state index in [2.05, 4.69) is 27.9 Å². The maximum absolute atomic E-state index is 13.2. The number of anilines is 1. The highest BCUT2D eigenvalue weighted by Gasteiger charge is 2.34. The van der Waals surface area contributed by atoms with Gasteiger partial charge >= 0.3 is 6.09 Å². The third-order valence-corrected chi connectivity index (χ3v) is 5.36. The second-order valence-corrected chi connectivity index (χ2v) is 9.79. The van der Waals surface area contributed by atoms with E-state index in [9.17, 15) is 9.59 Å². The Balaban J connectivity index is 2.07. The molecule has 0 spiro atoms. The van der Waals surface area contributed by atoms with Gasteiger partial charge in [0.1, 0.15) is 17.5 Å². The number of amides is 2. The van der Waals surface area contributed by atoms with Crippen molar-refractivity contribution < 1.29 is 14.3 Å². The van der Waals surface area contributed by atoms with Crippen LogP contribution < -0.4 is 21.7 Å². The minimum atomic E-state index is -0.663. The van der Waals surface area contributed by atoms with Gasteiger partial charge in [0.25, 0.3) is 0 Å². The van der Waals surface area contributed by atoms with Gasteiger partial charge in [-0.15, -0.1) is 0 Å². The lowest BCUT2D eigenvalue weighted by molar-refractivity contribution is -0.119. The highest BCUT2D eigenvalue weighted by Crippen LogP contribution is 2.31. The fraction of sp³-hybridized carbons (Fsp3) is 0.696. The van der Waals surface area contributed by atoms with Crippen molar-refractivity contribution in [3.63, 3.8) is 0 Å². The van der Waals surface area contributed by atoms with E-state index in [0.29, 0.717) is 24.8 Å². The average Bonchev–Trinajstić information content (AvgIpc) is 2.65. The summed E-state index contributed by atoms with van der Waals surface area (Å²) in [5, 5.41) is 8.97. The van der Waals surface area contributed by atoms with Crippen molar-refractivity contribution >= 4 is 17.8 Å². The minimum Gasteiger partial charge on any atom is -0.444 e. The van der Waals surface area contributed by atoms with Crippen LogP contribution in [-0.4, -0.2) is 41.2 Å². The molecule has 1 heterocycles. The summed E-state index contributed by atoms with van der Waals surface area (Å²) in [4.78, 5) is 29.8. The van der Waals surface area contributed by atoms with E-state index >= 15 is 0 Å². The van der Waals surface area contributed by atoms with Crippen LogP contribution in [0.25, 0.3) is 0 Å². The Kier molecular flexibility index (Phi) is 9.25. The molecule has 0 aliphatic heterocycles. The maximum Gasteiger partial charge on any atom is 0.408 e. The molecular formula is C23H39N5O3. The standard InChI is InChI=1S/C23H39N5O3/c1-15-6-8-18(9-7-15)20(28-22(30)31-23(3,4)5)21(29)27-19-12-17(10-11-26-19)14-25-13-16(2)24/h10-12,15-16,18,20,25H,6-9,13-14,24H2,1-5H3,(H,28,30)(H,26,27,29)/t15?,16-,18?,20+/m1/s1. The van der Waals surface area contributed by atoms with Crippen LogP contribution in [0.4, 0.5) is 10.6 Å². The maximum atomic E-state index is 13.2. The van der Waals surface area contributed by atoms with Crippen LogP contribution in [0.3, 0.4) is 0 Å². The number of nitrogens with one attached hydrogen (secondary N) is 3. The molecule has 0 radical (unpaired) electrons. The van der Waals surface area contributed by atoms with Gasteiger partial charge in [0, 0.05) is 25.3 Å². The van der Waals surface area contributed by atoms with Gasteiger partial charge in [0.2, 0.25) is 5.91 Å². The number of hydrogen-bond donors (Lipinski definition) is 4. The molecule has 0 saturated heterocycles. The number of nitrogens with two attached hydrogens (primary N) is 1. The molecule has 8 nitrogen and oxygen atoms in total. The monoisotopic (exact) mass is 433 g/mol. The molecule has 1 aliphatic carbocycles. The van der Waals surface area contributed by atoms with Crippen molar-refractivity contribution in [2.24, 2.45) is 17.6 Å². The Morgan fingerprint density at radius 2 is 1.94 bits per heavy atom. The van der Waals surface area contributed by atoms with Crippen molar-refractivity contribution in [1.29, 1.82) is 0 Å². The van der Waals surface area contributed by atoms with Crippen LogP contribution in [0.15, 0.2) is 18.3 Å². The average molecular weight is 434 g/mol. The fourth-order valence-electron chi connectivity index (χ4n) is 3.75. The number of hydrogen-bond acceptors (Lipinski definition) is 6. The van der Waals surface area contributed by atoms with Crippen LogP contribution in [0.5, 0.6) is 0 Å². The molecule has 174 valence electrons. The Hall–Kier alpha value is -2.19. The molecule has 31 heavy (non-hydrogen) atoms. The van der Waals surface area contributed by atoms with Crippen LogP contribution in [-0.2, 0) is 16.1 Å². The molecule has 1 saturated carbocycles. The van der Waals surface area contributed by atoms with Gasteiger partial charge in [-0.3, -0.25) is 4.79 Å². The number of pyridine rings is 1. The highest BCUT2D eigenvalue weighted by atomic mass is 16.6. The van der Waals surface area contributed by atoms with Gasteiger partial charge in [0.05, 0.1) is 0 Å². The molecule has 2 atom stereocenters. The molecule has 1 aromatic rings. The number of nitrogens with zero attached hydrogens (tertiary/aromatic N) is 1. The Morgan fingerprint density at radius 3 is 2.55 bits per heavy atom. The first-order chi connectivity index (χ1) is 14.5. The fourth-order valence-corrected chi connectivity index (χ4v) is 3.75. The number of alkyl carbamates (subject to hydrolysis) is 1. The molecule has 2 amide bonds. The van der Waals surface area contributed by atoms with Gasteiger partial charge in [0.15, 0.2) is 0 Å². The Labute approximate surface area is 186 Å². The van der Waals surface area contributed by atoms with E-state index in [1.54, 1.807) is 27.0 Å². The SMILES string of the molecule is CC1CCC([C@H](NC(=O)OC(C)(C)C)C(=O)Nc2cc(CNC[C@@H](C)N)ccn2)CC1. The predicted molar refractivity (Wildman–Crippen MR) is 123 cm³/mol. The lowest BCUT2D eigenvalue weighted by atomic mass is 9.79. The zero-order valence-corrected chi connectivity index (χ0v) is 19.5. The Bertz CT molecular complexity index is 724. The van der Waals surface area contributed by atoms with E-state index in [-0.39, 0.29) is 17.9 Å². The summed E-state index contributed by atoms with van der Waals surface area (Å²) in [5.74, 6) is 0.909. The summed E-state index contributed by atoms with van der Waals surface area (Å²) in [6.07, 6.45) is 4.96. The largest absolute Gasteiger partial charge is 0.444 e. The molecule has 1 aromatic heterocycles. The van der Waals surface area contributed by atoms with E-state index in [0.717, 1.165) is 31.2 Å². The molecule has 1 aliphatic rings. The predicted octanol–water partition coefficient (Wildman–Crippen LogP) is 3.18. The number of carbonyl (C=O) groups excluding carboxylic acids is 2. The van der Waals surface area contributed by atoms with E-state index < -0.39 is 17.7 Å². The minimum absolute atomic E-state index is 0.0684. The van der Waals surface area contributed by atoms with E-state index in [1.807, 2.05) is 19.1 Å². The zero-order valence-electron chi connectivity index (χ0n) is 19.5. The number of aromatic nitrogens is 1. The normalized spacial score (nSPS) is 21.1. The molecule has 0 bridgehead atoms. The summed E-state index contributed by atoms with van der Waals surface area (Å²) in [7, 11) is 0. The zero-order chi connectivity index (χ0) is 23.0. The van der Waals surface area contributed by atoms with Crippen LogP contribution in [0.2, 0.25) is 0 Å². The lowest BCUT2D eigenvalue weighted by Crippen LogP contribution is -2.50. The topological polar surface area (TPSA) is 118 Å². The van der Waals surface area contributed by atoms with Gasteiger partial charge in [-0.1, -0.05) is 19.8 Å². The lowest BCUT2D eigenvalue weighted by Gasteiger charge is -2.32. The summed E-state index contributed by atoms with van der Waals surface area (Å²) in [6.45, 7) is 10.9. The third-order valence-electron chi connectivity index (χ3n) is 5.36. The molecule has 0 unspecified atom stereocenters. The van der Waals surface area contributed by atoms with Crippen molar-refractivity contribution in [3.8, 4) is 0 Å². The van der Waals surface area contributed by atoms with Crippen LogP contribution in [0, 0.1) is 11.8 Å². The van der Waals surface area contributed by atoms with Crippen LogP contribution >= 0.6 is 0 Å². The number of carbonyl (C=O) groups is 2. The second-order valence-electron chi connectivity index (χ2n) is 9.79. The molecule has 5 N–H and O–H groups in total. The summed E-state index contributed by atoms with van der Waals surface area (Å²) in [5.41, 5.74) is 6.13. The summed E-state index contributed by atoms with van der Waals surface area (Å²) >= 11 is 0. The first-order valence-corrected chi connectivity index (χ1v) is 11.2. The molecule has 1 fully saturated rings. The van der Waals surface area contributed by atoms with Crippen molar-refractivity contribution in [2.45, 2.75) is 84.5 Å². The highest BCUT2D eigenvalue weighted by molar-refractivity contribution is 5.96. The number of ether oxygens (including phenoxy) is 1. The van der Waals surface area contributed by atoms with Gasteiger partial charge in [-0.2, -0.15) is 0 Å². The van der Waals surface area contributed by atoms with E-state index in [1.165, 1.54) is 0 Å². The Morgan fingerprint density at radius 1 is 1.26 bits per heavy atom. The second kappa shape index (κ2) is 11.4. The smallest absolute Gasteiger partial charge is 0.408 e. The van der Waals surface area contributed by atoms with Gasteiger partial charge in [-0.25, -0.2) is 9.78 Å². The summed E-state index contributed by atoms with van der Waals surface area (Å²) in [6, 6.07) is 3.13. The third kappa shape index (κ3) is 9.23. The molecular weight excluding hydrogens is 394 g/mol. The molecule has 8 heteroatoms. The molecule has 0 aromatic carbocycles. The quantitative estimate of drug-likeness (QED) is 0.500. The van der Waals surface area contributed by atoms with Crippen molar-refractivity contribution in [1.82, 2.24) is 15.6 Å². The first kappa shape index (κ1) is 25.1. The first-order valence-electron chi connectivity index (χ1n) is 11.2.